The predicted molar refractivity (Wildman–Crippen MR) is 30.3 cm³/mol. The Balaban J connectivity index is -0.000000605. The average Bonchev–Trinajstić information content (AvgIpc) is 1.85. The zero-order valence-corrected chi connectivity index (χ0v) is 12.0. The van der Waals surface area contributed by atoms with E-state index in [1.165, 1.54) is 0 Å². The summed E-state index contributed by atoms with van der Waals surface area (Å²) < 4.78 is 0. The van der Waals surface area contributed by atoms with Crippen molar-refractivity contribution in [3.05, 3.63) is 0 Å². The molecular formula is C6H6Na2O6. The largest absolute Gasteiger partial charge is 1.00 e. The summed E-state index contributed by atoms with van der Waals surface area (Å²) in [6, 6.07) is 0. The number of rotatable bonds is 5. The Kier molecular flexibility index (Phi) is 12.7. The van der Waals surface area contributed by atoms with Gasteiger partial charge in [-0.25, -0.2) is 0 Å². The first kappa shape index (κ1) is 20.0. The second kappa shape index (κ2) is 8.84. The quantitative estimate of drug-likeness (QED) is 0.363. The molecule has 0 radical (unpaired) electrons. The van der Waals surface area contributed by atoms with E-state index in [4.69, 9.17) is 5.11 Å². The summed E-state index contributed by atoms with van der Waals surface area (Å²) >= 11 is 0. The number of carboxylic acid groups (broad SMARTS) is 2. The van der Waals surface area contributed by atoms with Gasteiger partial charge in [0.1, 0.15) is 11.9 Å². The third-order valence-corrected chi connectivity index (χ3v) is 1.24. The van der Waals surface area contributed by atoms with Crippen molar-refractivity contribution >= 4 is 18.2 Å². The molecule has 0 aliphatic heterocycles. The van der Waals surface area contributed by atoms with E-state index in [2.05, 4.69) is 0 Å². The SMILES string of the molecule is O=CC[C@](O)(CC(=O)[O-])C(=O)[O-].[Na+].[Na+]. The minimum atomic E-state index is -2.65. The van der Waals surface area contributed by atoms with E-state index in [1.807, 2.05) is 0 Å². The second-order valence-electron chi connectivity index (χ2n) is 2.24. The van der Waals surface area contributed by atoms with Crippen LogP contribution in [-0.4, -0.2) is 28.9 Å². The van der Waals surface area contributed by atoms with Crippen LogP contribution in [0.15, 0.2) is 0 Å². The third-order valence-electron chi connectivity index (χ3n) is 1.24. The third kappa shape index (κ3) is 6.94. The van der Waals surface area contributed by atoms with E-state index in [1.54, 1.807) is 0 Å². The number of aliphatic carboxylic acids is 2. The molecule has 0 aromatic rings. The van der Waals surface area contributed by atoms with Gasteiger partial charge in [0.25, 0.3) is 0 Å². The second-order valence-corrected chi connectivity index (χ2v) is 2.24. The van der Waals surface area contributed by atoms with Crippen molar-refractivity contribution in [1.82, 2.24) is 0 Å². The van der Waals surface area contributed by atoms with Gasteiger partial charge >= 0.3 is 59.1 Å². The molecule has 0 aromatic heterocycles. The first-order valence-electron chi connectivity index (χ1n) is 2.99. The van der Waals surface area contributed by atoms with Gasteiger partial charge in [-0.15, -0.1) is 0 Å². The number of hydrogen-bond acceptors (Lipinski definition) is 6. The fourth-order valence-corrected chi connectivity index (χ4v) is 0.604. The fourth-order valence-electron chi connectivity index (χ4n) is 0.604. The van der Waals surface area contributed by atoms with Gasteiger partial charge < -0.3 is 29.7 Å². The van der Waals surface area contributed by atoms with Crippen LogP contribution in [0.3, 0.4) is 0 Å². The maximum Gasteiger partial charge on any atom is 1.00 e. The zero-order valence-electron chi connectivity index (χ0n) is 7.98. The van der Waals surface area contributed by atoms with Gasteiger partial charge in [-0.05, 0) is 0 Å². The standard InChI is InChI=1S/C6H8O6.2Na/c7-2-1-6(12,5(10)11)3-4(8)9;;/h2,12H,1,3H2,(H,8,9)(H,10,11);;/q;2*+1/p-2/t6-;;/m0../s1. The molecule has 0 heterocycles. The van der Waals surface area contributed by atoms with Crippen molar-refractivity contribution < 1.29 is 88.8 Å². The van der Waals surface area contributed by atoms with Crippen LogP contribution in [-0.2, 0) is 14.4 Å². The Bertz CT molecular complexity index is 218. The van der Waals surface area contributed by atoms with E-state index in [9.17, 15) is 24.6 Å². The van der Waals surface area contributed by atoms with E-state index < -0.39 is 30.4 Å². The van der Waals surface area contributed by atoms with Crippen LogP contribution < -0.4 is 69.3 Å². The van der Waals surface area contributed by atoms with Crippen molar-refractivity contribution in [3.63, 3.8) is 0 Å². The summed E-state index contributed by atoms with van der Waals surface area (Å²) in [6.45, 7) is 0. The molecular weight excluding hydrogens is 214 g/mol. The Morgan fingerprint density at radius 3 is 1.93 bits per heavy atom. The van der Waals surface area contributed by atoms with E-state index in [-0.39, 0.29) is 65.4 Å². The van der Waals surface area contributed by atoms with Gasteiger partial charge in [-0.2, -0.15) is 0 Å². The van der Waals surface area contributed by atoms with Gasteiger partial charge in [0, 0.05) is 18.8 Å². The molecule has 0 rings (SSSR count). The topological polar surface area (TPSA) is 118 Å². The summed E-state index contributed by atoms with van der Waals surface area (Å²) in [5.74, 6) is -3.76. The average molecular weight is 220 g/mol. The Labute approximate surface area is 124 Å². The molecule has 0 saturated carbocycles. The minimum Gasteiger partial charge on any atom is -0.550 e. The van der Waals surface area contributed by atoms with Crippen LogP contribution in [0, 0.1) is 0 Å². The summed E-state index contributed by atoms with van der Waals surface area (Å²) in [5.41, 5.74) is -2.65. The van der Waals surface area contributed by atoms with E-state index in [0.29, 0.717) is 0 Å². The normalized spacial score (nSPS) is 12.6. The van der Waals surface area contributed by atoms with Crippen LogP contribution in [0.25, 0.3) is 0 Å². The van der Waals surface area contributed by atoms with Crippen LogP contribution in [0.5, 0.6) is 0 Å². The molecule has 0 fully saturated rings. The molecule has 68 valence electrons. The number of hydrogen-bond donors (Lipinski definition) is 1. The number of carbonyl (C=O) groups is 3. The Morgan fingerprint density at radius 1 is 1.29 bits per heavy atom. The first-order chi connectivity index (χ1) is 5.42. The molecule has 0 aromatic carbocycles. The molecule has 1 atom stereocenters. The summed E-state index contributed by atoms with van der Waals surface area (Å²) in [7, 11) is 0. The molecule has 14 heavy (non-hydrogen) atoms. The number of aldehydes is 1. The first-order valence-corrected chi connectivity index (χ1v) is 2.99. The van der Waals surface area contributed by atoms with Crippen molar-refractivity contribution in [2.75, 3.05) is 0 Å². The molecule has 0 saturated heterocycles. The van der Waals surface area contributed by atoms with Crippen LogP contribution in [0.4, 0.5) is 0 Å². The van der Waals surface area contributed by atoms with Gasteiger partial charge in [-0.3, -0.25) is 0 Å². The van der Waals surface area contributed by atoms with Crippen molar-refractivity contribution in [2.24, 2.45) is 0 Å². The van der Waals surface area contributed by atoms with Crippen molar-refractivity contribution in [2.45, 2.75) is 18.4 Å². The van der Waals surface area contributed by atoms with Crippen LogP contribution >= 0.6 is 0 Å². The molecule has 0 amide bonds. The van der Waals surface area contributed by atoms with Gasteiger partial charge in [0.15, 0.2) is 0 Å². The fraction of sp³-hybridized carbons (Fsp3) is 0.500. The van der Waals surface area contributed by atoms with E-state index in [0.717, 1.165) is 0 Å². The number of carboxylic acids is 2. The summed E-state index contributed by atoms with van der Waals surface area (Å²) in [5, 5.41) is 29.0. The number of carbonyl (C=O) groups excluding carboxylic acids is 3. The molecule has 0 spiro atoms. The monoisotopic (exact) mass is 220 g/mol. The molecule has 6 nitrogen and oxygen atoms in total. The van der Waals surface area contributed by atoms with Gasteiger partial charge in [0.05, 0.1) is 5.97 Å². The molecule has 8 heteroatoms. The molecule has 1 N–H and O–H groups in total. The minimum absolute atomic E-state index is 0. The Hall–Kier alpha value is 0.570. The van der Waals surface area contributed by atoms with Gasteiger partial charge in [0.2, 0.25) is 0 Å². The Morgan fingerprint density at radius 2 is 1.71 bits per heavy atom. The molecule has 0 bridgehead atoms. The van der Waals surface area contributed by atoms with Gasteiger partial charge in [-0.1, -0.05) is 0 Å². The van der Waals surface area contributed by atoms with E-state index >= 15 is 0 Å². The molecule has 0 aliphatic carbocycles. The summed E-state index contributed by atoms with van der Waals surface area (Å²) in [6.07, 6.45) is -1.89. The predicted octanol–water partition coefficient (Wildman–Crippen LogP) is -9.80. The number of aliphatic hydroxyl groups is 1. The molecule has 0 aliphatic rings. The van der Waals surface area contributed by atoms with Crippen LogP contribution in [0.1, 0.15) is 12.8 Å². The van der Waals surface area contributed by atoms with Crippen molar-refractivity contribution in [3.8, 4) is 0 Å². The smallest absolute Gasteiger partial charge is 0.550 e. The zero-order chi connectivity index (χ0) is 9.78. The van der Waals surface area contributed by atoms with Crippen molar-refractivity contribution in [1.29, 1.82) is 0 Å². The summed E-state index contributed by atoms with van der Waals surface area (Å²) in [4.78, 5) is 29.9. The maximum absolute atomic E-state index is 10.1. The molecule has 0 unspecified atom stereocenters. The maximum atomic E-state index is 10.1. The van der Waals surface area contributed by atoms with Crippen LogP contribution in [0.2, 0.25) is 0 Å².